The van der Waals surface area contributed by atoms with Gasteiger partial charge in [0, 0.05) is 39.5 Å². The van der Waals surface area contributed by atoms with Gasteiger partial charge in [-0.3, -0.25) is 0 Å². The summed E-state index contributed by atoms with van der Waals surface area (Å²) in [5, 5.41) is 5.02. The van der Waals surface area contributed by atoms with Crippen LogP contribution in [0.3, 0.4) is 0 Å². The van der Waals surface area contributed by atoms with Crippen LogP contribution in [0.25, 0.3) is 54.9 Å². The van der Waals surface area contributed by atoms with Crippen molar-refractivity contribution in [2.75, 3.05) is 9.80 Å². The smallest absolute Gasteiger partial charge is 0.0465 e. The second kappa shape index (κ2) is 15.3. The van der Waals surface area contributed by atoms with E-state index in [0.717, 1.165) is 34.1 Å². The highest BCUT2D eigenvalue weighted by Crippen LogP contribution is 2.52. The summed E-state index contributed by atoms with van der Waals surface area (Å²) in [4.78, 5) is 4.81. The number of hydrogen-bond donors (Lipinski definition) is 0. The minimum atomic E-state index is -0.243. The van der Waals surface area contributed by atoms with E-state index in [-0.39, 0.29) is 5.41 Å². The maximum absolute atomic E-state index is 2.43. The summed E-state index contributed by atoms with van der Waals surface area (Å²) in [6.07, 6.45) is 0. The molecule has 0 aliphatic heterocycles. The molecule has 1 aliphatic carbocycles. The Bertz CT molecular complexity index is 3110. The van der Waals surface area contributed by atoms with E-state index in [0.29, 0.717) is 0 Å². The highest BCUT2D eigenvalue weighted by atomic mass is 15.1. The number of benzene rings is 10. The molecule has 0 amide bonds. The second-order valence-electron chi connectivity index (χ2n) is 17.7. The van der Waals surface area contributed by atoms with Crippen LogP contribution in [-0.4, -0.2) is 0 Å². The molecule has 1 aliphatic rings. The zero-order valence-corrected chi connectivity index (χ0v) is 36.2. The van der Waals surface area contributed by atoms with Crippen LogP contribution >= 0.6 is 0 Å². The zero-order chi connectivity index (χ0) is 42.7. The third-order valence-electron chi connectivity index (χ3n) is 13.1. The molecule has 0 fully saturated rings. The van der Waals surface area contributed by atoms with Gasteiger partial charge in [0.15, 0.2) is 0 Å². The SMILES string of the molecule is Cc1cccc(N(c2ccc(-c3ccc4ccccc4c3)cc2)c2ccc3c(c2)C(C)(C)c2cc(N(c4ccc(-c5ccc6ccccc6c5)cc4)c4cccc(C)c4)ccc2-3)c1. The summed E-state index contributed by atoms with van der Waals surface area (Å²) in [5.41, 5.74) is 19.1. The molecule has 302 valence electrons. The quantitative estimate of drug-likeness (QED) is 0.151. The molecule has 2 heteroatoms. The number of rotatable bonds is 8. The molecule has 0 atom stereocenters. The highest BCUT2D eigenvalue weighted by molar-refractivity contribution is 5.91. The van der Waals surface area contributed by atoms with Gasteiger partial charge in [0.05, 0.1) is 0 Å². The average Bonchev–Trinajstić information content (AvgIpc) is 3.54. The lowest BCUT2D eigenvalue weighted by molar-refractivity contribution is 0.660. The Morgan fingerprint density at radius 1 is 0.286 bits per heavy atom. The molecule has 0 bridgehead atoms. The Kier molecular flexibility index (Phi) is 9.32. The minimum Gasteiger partial charge on any atom is -0.310 e. The van der Waals surface area contributed by atoms with E-state index >= 15 is 0 Å². The van der Waals surface area contributed by atoms with Crippen molar-refractivity contribution in [3.8, 4) is 33.4 Å². The van der Waals surface area contributed by atoms with Gasteiger partial charge in [-0.1, -0.05) is 147 Å². The fourth-order valence-corrected chi connectivity index (χ4v) is 9.76. The lowest BCUT2D eigenvalue weighted by Gasteiger charge is -2.29. The summed E-state index contributed by atoms with van der Waals surface area (Å²) in [6.45, 7) is 9.11. The maximum atomic E-state index is 2.43. The number of fused-ring (bicyclic) bond motifs is 5. The molecule has 0 radical (unpaired) electrons. The fourth-order valence-electron chi connectivity index (χ4n) is 9.76. The third-order valence-corrected chi connectivity index (χ3v) is 13.1. The molecule has 0 N–H and O–H groups in total. The summed E-state index contributed by atoms with van der Waals surface area (Å²) in [5.74, 6) is 0. The van der Waals surface area contributed by atoms with E-state index in [1.54, 1.807) is 0 Å². The second-order valence-corrected chi connectivity index (χ2v) is 17.7. The van der Waals surface area contributed by atoms with Gasteiger partial charge in [0.2, 0.25) is 0 Å². The molecule has 2 nitrogen and oxygen atoms in total. The van der Waals surface area contributed by atoms with E-state index in [9.17, 15) is 0 Å². The van der Waals surface area contributed by atoms with Crippen LogP contribution in [0.15, 0.2) is 218 Å². The summed E-state index contributed by atoms with van der Waals surface area (Å²) in [7, 11) is 0. The van der Waals surface area contributed by atoms with Crippen LogP contribution in [0.4, 0.5) is 34.1 Å². The first kappa shape index (κ1) is 38.3. The predicted molar refractivity (Wildman–Crippen MR) is 269 cm³/mol. The molecule has 0 aromatic heterocycles. The molecule has 0 spiro atoms. The molecule has 0 saturated carbocycles. The van der Waals surface area contributed by atoms with Gasteiger partial charge in [-0.25, -0.2) is 0 Å². The van der Waals surface area contributed by atoms with Gasteiger partial charge in [-0.2, -0.15) is 0 Å². The topological polar surface area (TPSA) is 6.48 Å². The third kappa shape index (κ3) is 6.95. The summed E-state index contributed by atoms with van der Waals surface area (Å²) >= 11 is 0. The van der Waals surface area contributed by atoms with Crippen molar-refractivity contribution in [3.05, 3.63) is 241 Å². The molecule has 11 rings (SSSR count). The Balaban J connectivity index is 0.957. The molecule has 63 heavy (non-hydrogen) atoms. The first-order valence-electron chi connectivity index (χ1n) is 22.0. The summed E-state index contributed by atoms with van der Waals surface area (Å²) in [6, 6.07) is 80.5. The Labute approximate surface area is 371 Å². The van der Waals surface area contributed by atoms with E-state index in [4.69, 9.17) is 0 Å². The number of nitrogens with zero attached hydrogens (tertiary/aromatic N) is 2. The number of anilines is 6. The van der Waals surface area contributed by atoms with E-state index < -0.39 is 0 Å². The lowest BCUT2D eigenvalue weighted by atomic mass is 9.82. The molecular formula is C61H48N2. The molecule has 10 aromatic rings. The van der Waals surface area contributed by atoms with Gasteiger partial charge in [0.25, 0.3) is 0 Å². The normalized spacial score (nSPS) is 12.6. The van der Waals surface area contributed by atoms with Crippen molar-refractivity contribution in [1.82, 2.24) is 0 Å². The van der Waals surface area contributed by atoms with Crippen molar-refractivity contribution >= 4 is 55.7 Å². The first-order chi connectivity index (χ1) is 30.8. The van der Waals surface area contributed by atoms with Crippen molar-refractivity contribution < 1.29 is 0 Å². The van der Waals surface area contributed by atoms with E-state index in [1.807, 2.05) is 0 Å². The van der Waals surface area contributed by atoms with Gasteiger partial charge < -0.3 is 9.80 Å². The Hall–Kier alpha value is -7.68. The molecule has 0 saturated heterocycles. The van der Waals surface area contributed by atoms with Gasteiger partial charge in [0.1, 0.15) is 0 Å². The Morgan fingerprint density at radius 2 is 0.651 bits per heavy atom. The standard InChI is InChI=1S/C61H48N2/c1-41-11-9-17-53(35-41)62(51-27-23-45(24-28-51)49-21-19-43-13-5-7-15-47(43)37-49)55-31-33-57-58-34-32-56(40-60(58)61(3,4)59(57)39-55)63(54-18-10-12-42(2)36-54)52-29-25-46(26-30-52)50-22-20-44-14-6-8-16-48(44)38-50/h5-40H,1-4H3. The lowest BCUT2D eigenvalue weighted by Crippen LogP contribution is -2.17. The van der Waals surface area contributed by atoms with Crippen LogP contribution in [0.2, 0.25) is 0 Å². The minimum absolute atomic E-state index is 0.243. The largest absolute Gasteiger partial charge is 0.310 e. The number of aryl methyl sites for hydroxylation is 2. The molecular weight excluding hydrogens is 761 g/mol. The van der Waals surface area contributed by atoms with E-state index in [1.165, 1.54) is 77.2 Å². The highest BCUT2D eigenvalue weighted by Gasteiger charge is 2.37. The van der Waals surface area contributed by atoms with Crippen LogP contribution in [-0.2, 0) is 5.41 Å². The van der Waals surface area contributed by atoms with Gasteiger partial charge >= 0.3 is 0 Å². The van der Waals surface area contributed by atoms with Gasteiger partial charge in [-0.05, 0) is 176 Å². The van der Waals surface area contributed by atoms with Crippen molar-refractivity contribution in [3.63, 3.8) is 0 Å². The van der Waals surface area contributed by atoms with Crippen molar-refractivity contribution in [2.45, 2.75) is 33.1 Å². The predicted octanol–water partition coefficient (Wildman–Crippen LogP) is 17.2. The maximum Gasteiger partial charge on any atom is 0.0465 e. The van der Waals surface area contributed by atoms with Gasteiger partial charge in [-0.15, -0.1) is 0 Å². The average molecular weight is 809 g/mol. The van der Waals surface area contributed by atoms with Crippen molar-refractivity contribution in [2.24, 2.45) is 0 Å². The Morgan fingerprint density at radius 3 is 1.06 bits per heavy atom. The molecule has 0 unspecified atom stereocenters. The monoisotopic (exact) mass is 808 g/mol. The number of hydrogen-bond acceptors (Lipinski definition) is 2. The van der Waals surface area contributed by atoms with Crippen molar-refractivity contribution in [1.29, 1.82) is 0 Å². The van der Waals surface area contributed by atoms with Crippen LogP contribution < -0.4 is 9.80 Å². The molecule has 0 heterocycles. The van der Waals surface area contributed by atoms with Crippen LogP contribution in [0.5, 0.6) is 0 Å². The fraction of sp³-hybridized carbons (Fsp3) is 0.0820. The molecule has 10 aromatic carbocycles. The zero-order valence-electron chi connectivity index (χ0n) is 36.2. The summed E-state index contributed by atoms with van der Waals surface area (Å²) < 4.78 is 0. The van der Waals surface area contributed by atoms with Crippen LogP contribution in [0.1, 0.15) is 36.1 Å². The van der Waals surface area contributed by atoms with E-state index in [2.05, 4.69) is 256 Å². The first-order valence-corrected chi connectivity index (χ1v) is 22.0. The van der Waals surface area contributed by atoms with Crippen LogP contribution in [0, 0.1) is 13.8 Å².